The summed E-state index contributed by atoms with van der Waals surface area (Å²) < 4.78 is 23.4. The van der Waals surface area contributed by atoms with Crippen LogP contribution in [0.15, 0.2) is 0 Å². The Morgan fingerprint density at radius 2 is 1.64 bits per heavy atom. The molecule has 0 spiro atoms. The summed E-state index contributed by atoms with van der Waals surface area (Å²) in [6, 6.07) is 0.752. The lowest BCUT2D eigenvalue weighted by molar-refractivity contribution is -0.147. The first-order chi connectivity index (χ1) is 12.3. The molecular weight excluding hydrogens is 318 g/mol. The van der Waals surface area contributed by atoms with E-state index in [-0.39, 0.29) is 12.2 Å². The van der Waals surface area contributed by atoms with Gasteiger partial charge in [-0.15, -0.1) is 0 Å². The summed E-state index contributed by atoms with van der Waals surface area (Å²) in [5, 5.41) is 0. The quantitative estimate of drug-likeness (QED) is 0.763. The third-order valence-corrected chi connectivity index (χ3v) is 8.15. The van der Waals surface area contributed by atoms with E-state index in [9.17, 15) is 0 Å². The first kappa shape index (κ1) is 16.9. The Balaban J connectivity index is 1.33. The van der Waals surface area contributed by atoms with Gasteiger partial charge in [-0.2, -0.15) is 0 Å². The maximum atomic E-state index is 5.92. The number of nitrogens with zero attached hydrogens (tertiary/aromatic N) is 1. The van der Waals surface area contributed by atoms with Gasteiger partial charge in [0.25, 0.3) is 0 Å². The number of ether oxygens (including phenoxy) is 4. The Morgan fingerprint density at radius 1 is 0.840 bits per heavy atom. The average Bonchev–Trinajstić information content (AvgIpc) is 3.11. The zero-order valence-corrected chi connectivity index (χ0v) is 15.6. The van der Waals surface area contributed by atoms with Gasteiger partial charge in [-0.25, -0.2) is 0 Å². The molecule has 3 saturated heterocycles. The fourth-order valence-corrected chi connectivity index (χ4v) is 6.93. The lowest BCUT2D eigenvalue weighted by atomic mass is 9.62. The second-order valence-electron chi connectivity index (χ2n) is 8.99. The molecule has 9 atom stereocenters. The number of fused-ring (bicyclic) bond motifs is 5. The molecule has 2 aliphatic carbocycles. The summed E-state index contributed by atoms with van der Waals surface area (Å²) in [4.78, 5) is 2.79. The number of rotatable bonds is 2. The van der Waals surface area contributed by atoms with E-state index in [1.807, 2.05) is 14.2 Å². The van der Waals surface area contributed by atoms with E-state index in [4.69, 9.17) is 18.9 Å². The molecule has 0 aromatic rings. The molecule has 3 heterocycles. The highest BCUT2D eigenvalue weighted by Crippen LogP contribution is 2.49. The van der Waals surface area contributed by atoms with Crippen LogP contribution < -0.4 is 0 Å². The monoisotopic (exact) mass is 351 g/mol. The maximum absolute atomic E-state index is 5.92. The summed E-state index contributed by atoms with van der Waals surface area (Å²) in [5.41, 5.74) is 0. The zero-order valence-electron chi connectivity index (χ0n) is 15.6. The molecule has 9 unspecified atom stereocenters. The number of piperidine rings is 2. The SMILES string of the molecule is COC1CCC2CC3C4CC5OCOC5CC4CCN3CC2C1OC. The normalized spacial score (nSPS) is 52.8. The summed E-state index contributed by atoms with van der Waals surface area (Å²) >= 11 is 0. The molecule has 5 rings (SSSR count). The van der Waals surface area contributed by atoms with E-state index in [1.165, 1.54) is 45.2 Å². The van der Waals surface area contributed by atoms with E-state index >= 15 is 0 Å². The molecule has 0 amide bonds. The molecule has 142 valence electrons. The van der Waals surface area contributed by atoms with Gasteiger partial charge >= 0.3 is 0 Å². The van der Waals surface area contributed by atoms with Crippen molar-refractivity contribution in [3.05, 3.63) is 0 Å². The highest BCUT2D eigenvalue weighted by molar-refractivity contribution is 5.04. The van der Waals surface area contributed by atoms with E-state index in [0.717, 1.165) is 30.2 Å². The van der Waals surface area contributed by atoms with Crippen LogP contribution in [0.25, 0.3) is 0 Å². The van der Waals surface area contributed by atoms with Crippen LogP contribution >= 0.6 is 0 Å². The lowest BCUT2D eigenvalue weighted by Gasteiger charge is -2.57. The van der Waals surface area contributed by atoms with Crippen LogP contribution in [0.5, 0.6) is 0 Å². The summed E-state index contributed by atoms with van der Waals surface area (Å²) in [7, 11) is 3.71. The minimum Gasteiger partial charge on any atom is -0.379 e. The molecule has 5 aliphatic rings. The molecule has 2 saturated carbocycles. The van der Waals surface area contributed by atoms with Crippen LogP contribution in [0, 0.1) is 23.7 Å². The van der Waals surface area contributed by atoms with Crippen LogP contribution in [-0.4, -0.2) is 69.5 Å². The molecule has 3 aliphatic heterocycles. The number of hydrogen-bond acceptors (Lipinski definition) is 5. The van der Waals surface area contributed by atoms with Gasteiger partial charge in [0.05, 0.1) is 24.4 Å². The average molecular weight is 351 g/mol. The lowest BCUT2D eigenvalue weighted by Crippen LogP contribution is -2.62. The second kappa shape index (κ2) is 6.75. The standard InChI is InChI=1S/C20H33NO4/c1-22-17-4-3-12-7-16-14-9-19-18(24-11-25-19)8-13(14)5-6-21(16)10-15(12)20(17)23-2/h12-20H,3-11H2,1-2H3. The number of methoxy groups -OCH3 is 2. The van der Waals surface area contributed by atoms with Gasteiger partial charge in [0.15, 0.2) is 0 Å². The van der Waals surface area contributed by atoms with Crippen molar-refractivity contribution >= 4 is 0 Å². The summed E-state index contributed by atoms with van der Waals surface area (Å²) in [6.45, 7) is 2.96. The summed E-state index contributed by atoms with van der Waals surface area (Å²) in [6.07, 6.45) is 8.84. The van der Waals surface area contributed by atoms with Gasteiger partial charge in [0, 0.05) is 32.7 Å². The molecule has 5 fully saturated rings. The van der Waals surface area contributed by atoms with Gasteiger partial charge in [-0.3, -0.25) is 4.90 Å². The van der Waals surface area contributed by atoms with Crippen LogP contribution in [-0.2, 0) is 18.9 Å². The molecule has 0 radical (unpaired) electrons. The second-order valence-corrected chi connectivity index (χ2v) is 8.99. The van der Waals surface area contributed by atoms with Crippen molar-refractivity contribution < 1.29 is 18.9 Å². The van der Waals surface area contributed by atoms with Gasteiger partial charge in [-0.05, 0) is 62.8 Å². The molecule has 0 aromatic heterocycles. The van der Waals surface area contributed by atoms with Gasteiger partial charge in [0.1, 0.15) is 6.79 Å². The fraction of sp³-hybridized carbons (Fsp3) is 1.00. The van der Waals surface area contributed by atoms with Crippen molar-refractivity contribution in [1.82, 2.24) is 4.90 Å². The topological polar surface area (TPSA) is 40.2 Å². The Bertz CT molecular complexity index is 488. The van der Waals surface area contributed by atoms with Crippen molar-refractivity contribution in [1.29, 1.82) is 0 Å². The van der Waals surface area contributed by atoms with E-state index in [0.29, 0.717) is 24.9 Å². The molecule has 5 nitrogen and oxygen atoms in total. The predicted octanol–water partition coefficient (Wildman–Crippen LogP) is 2.29. The third-order valence-electron chi connectivity index (χ3n) is 8.15. The van der Waals surface area contributed by atoms with Crippen molar-refractivity contribution in [2.75, 3.05) is 34.1 Å². The Labute approximate surface area is 151 Å². The van der Waals surface area contributed by atoms with Crippen molar-refractivity contribution in [2.24, 2.45) is 23.7 Å². The molecule has 0 bridgehead atoms. The fourth-order valence-electron chi connectivity index (χ4n) is 6.93. The van der Waals surface area contributed by atoms with Crippen LogP contribution in [0.4, 0.5) is 0 Å². The molecular formula is C20H33NO4. The highest BCUT2D eigenvalue weighted by atomic mass is 16.7. The minimum absolute atomic E-state index is 0.268. The van der Waals surface area contributed by atoms with E-state index < -0.39 is 0 Å². The maximum Gasteiger partial charge on any atom is 0.147 e. The minimum atomic E-state index is 0.268. The van der Waals surface area contributed by atoms with Crippen LogP contribution in [0.3, 0.4) is 0 Å². The van der Waals surface area contributed by atoms with Crippen molar-refractivity contribution in [3.8, 4) is 0 Å². The molecule has 0 aromatic carbocycles. The molecule has 0 N–H and O–H groups in total. The van der Waals surface area contributed by atoms with Crippen molar-refractivity contribution in [2.45, 2.75) is 69.0 Å². The van der Waals surface area contributed by atoms with Gasteiger partial charge in [0.2, 0.25) is 0 Å². The van der Waals surface area contributed by atoms with E-state index in [2.05, 4.69) is 4.90 Å². The highest BCUT2D eigenvalue weighted by Gasteiger charge is 2.52. The van der Waals surface area contributed by atoms with Crippen molar-refractivity contribution in [3.63, 3.8) is 0 Å². The third kappa shape index (κ3) is 2.78. The first-order valence-electron chi connectivity index (χ1n) is 10.3. The number of hydrogen-bond donors (Lipinski definition) is 0. The largest absolute Gasteiger partial charge is 0.379 e. The van der Waals surface area contributed by atoms with E-state index in [1.54, 1.807) is 0 Å². The van der Waals surface area contributed by atoms with Crippen LogP contribution in [0.1, 0.15) is 38.5 Å². The van der Waals surface area contributed by atoms with Gasteiger partial charge in [-0.1, -0.05) is 0 Å². The molecule has 25 heavy (non-hydrogen) atoms. The smallest absolute Gasteiger partial charge is 0.147 e. The van der Waals surface area contributed by atoms with Crippen LogP contribution in [0.2, 0.25) is 0 Å². The summed E-state index contributed by atoms with van der Waals surface area (Å²) in [5.74, 6) is 3.09. The Hall–Kier alpha value is -0.200. The zero-order chi connectivity index (χ0) is 17.0. The Kier molecular flexibility index (Phi) is 4.58. The molecule has 5 heteroatoms. The predicted molar refractivity (Wildman–Crippen MR) is 93.2 cm³/mol. The van der Waals surface area contributed by atoms with Gasteiger partial charge < -0.3 is 18.9 Å². The Morgan fingerprint density at radius 3 is 2.44 bits per heavy atom. The first-order valence-corrected chi connectivity index (χ1v) is 10.3.